The maximum Gasteiger partial charge on any atom is 0.361 e. The quantitative estimate of drug-likeness (QED) is 0.647. The highest BCUT2D eigenvalue weighted by molar-refractivity contribution is 7.89. The molecule has 0 saturated carbocycles. The van der Waals surface area contributed by atoms with E-state index in [2.05, 4.69) is 4.98 Å². The molecule has 2 aromatic rings. The van der Waals surface area contributed by atoms with Crippen molar-refractivity contribution in [1.82, 2.24) is 13.9 Å². The summed E-state index contributed by atoms with van der Waals surface area (Å²) in [6, 6.07) is 3.61. The number of rotatable bonds is 4. The van der Waals surface area contributed by atoms with E-state index >= 15 is 0 Å². The second-order valence-electron chi connectivity index (χ2n) is 7.97. The molecular formula is C21H24FN3O7S. The summed E-state index contributed by atoms with van der Waals surface area (Å²) in [4.78, 5) is 29.1. The van der Waals surface area contributed by atoms with E-state index in [-0.39, 0.29) is 56.4 Å². The standard InChI is InChI=1S/C21H24FN3O7S/c1-3-31-19(28)16-17(26)18(27)25-10-11-32-21(20(25)23-16)6-8-24(9-7-21)33(29,30)15-12-14(22)5-4-13(15)2/h4-5,12,26H,3,6-11H2,1-2H3. The van der Waals surface area contributed by atoms with Crippen LogP contribution in [0.3, 0.4) is 0 Å². The first-order valence-corrected chi connectivity index (χ1v) is 12.0. The average Bonchev–Trinajstić information content (AvgIpc) is 2.78. The van der Waals surface area contributed by atoms with E-state index in [1.807, 2.05) is 0 Å². The monoisotopic (exact) mass is 481 g/mol. The van der Waals surface area contributed by atoms with Gasteiger partial charge < -0.3 is 14.6 Å². The summed E-state index contributed by atoms with van der Waals surface area (Å²) in [6.45, 7) is 3.56. The summed E-state index contributed by atoms with van der Waals surface area (Å²) >= 11 is 0. The van der Waals surface area contributed by atoms with Crippen LogP contribution < -0.4 is 5.56 Å². The Kier molecular flexibility index (Phi) is 6.01. The van der Waals surface area contributed by atoms with Crippen molar-refractivity contribution < 1.29 is 32.2 Å². The molecule has 0 radical (unpaired) electrons. The molecule has 178 valence electrons. The lowest BCUT2D eigenvalue weighted by molar-refractivity contribution is -0.110. The Morgan fingerprint density at radius 3 is 2.67 bits per heavy atom. The molecule has 2 aliphatic rings. The Bertz CT molecular complexity index is 1270. The van der Waals surface area contributed by atoms with Crippen LogP contribution in [-0.4, -0.2) is 59.7 Å². The molecule has 1 aromatic heterocycles. The zero-order valence-electron chi connectivity index (χ0n) is 18.2. The zero-order chi connectivity index (χ0) is 24.0. The van der Waals surface area contributed by atoms with Crippen LogP contribution in [0.5, 0.6) is 5.75 Å². The fraction of sp³-hybridized carbons (Fsp3) is 0.476. The van der Waals surface area contributed by atoms with Crippen LogP contribution >= 0.6 is 0 Å². The summed E-state index contributed by atoms with van der Waals surface area (Å²) in [7, 11) is -3.96. The van der Waals surface area contributed by atoms with Crippen molar-refractivity contribution in [3.05, 3.63) is 51.5 Å². The van der Waals surface area contributed by atoms with Gasteiger partial charge in [0.25, 0.3) is 5.56 Å². The van der Waals surface area contributed by atoms with Gasteiger partial charge in [0, 0.05) is 13.1 Å². The summed E-state index contributed by atoms with van der Waals surface area (Å²) in [5.41, 5.74) is -1.96. The molecule has 4 rings (SSSR count). The normalized spacial score (nSPS) is 18.2. The second kappa shape index (κ2) is 8.50. The van der Waals surface area contributed by atoms with Crippen LogP contribution in [0.25, 0.3) is 0 Å². The van der Waals surface area contributed by atoms with Gasteiger partial charge >= 0.3 is 5.97 Å². The van der Waals surface area contributed by atoms with E-state index in [9.17, 15) is 27.5 Å². The number of carbonyl (C=O) groups is 1. The second-order valence-corrected chi connectivity index (χ2v) is 9.87. The van der Waals surface area contributed by atoms with E-state index in [4.69, 9.17) is 9.47 Å². The van der Waals surface area contributed by atoms with Crippen molar-refractivity contribution in [1.29, 1.82) is 0 Å². The van der Waals surface area contributed by atoms with Gasteiger partial charge in [0.15, 0.2) is 5.69 Å². The average molecular weight is 482 g/mol. The molecule has 0 aliphatic carbocycles. The minimum absolute atomic E-state index is 0.0315. The maximum absolute atomic E-state index is 13.7. The van der Waals surface area contributed by atoms with Crippen LogP contribution in [0.2, 0.25) is 0 Å². The highest BCUT2D eigenvalue weighted by Gasteiger charge is 2.46. The number of halogens is 1. The SMILES string of the molecule is CCOC(=O)c1nc2n(c(=O)c1O)CCOC21CCN(S(=O)(=O)c2cc(F)ccc2C)CC1. The predicted octanol–water partition coefficient (Wildman–Crippen LogP) is 1.28. The van der Waals surface area contributed by atoms with Crippen molar-refractivity contribution >= 4 is 16.0 Å². The molecule has 0 atom stereocenters. The van der Waals surface area contributed by atoms with Crippen LogP contribution in [-0.2, 0) is 31.6 Å². The van der Waals surface area contributed by atoms with Crippen molar-refractivity contribution in [2.75, 3.05) is 26.3 Å². The first-order valence-electron chi connectivity index (χ1n) is 10.5. The van der Waals surface area contributed by atoms with Gasteiger partial charge in [-0.25, -0.2) is 22.6 Å². The molecule has 1 saturated heterocycles. The third-order valence-electron chi connectivity index (χ3n) is 6.01. The molecule has 12 heteroatoms. The Hall–Kier alpha value is -2.83. The van der Waals surface area contributed by atoms with E-state index < -0.39 is 44.4 Å². The number of aryl methyl sites for hydroxylation is 1. The molecule has 1 fully saturated rings. The third kappa shape index (κ3) is 3.91. The van der Waals surface area contributed by atoms with E-state index in [1.54, 1.807) is 13.8 Å². The Balaban J connectivity index is 1.68. The number of esters is 1. The van der Waals surface area contributed by atoms with E-state index in [0.29, 0.717) is 5.56 Å². The third-order valence-corrected chi connectivity index (χ3v) is 8.05. The lowest BCUT2D eigenvalue weighted by atomic mass is 9.89. The van der Waals surface area contributed by atoms with E-state index in [0.717, 1.165) is 6.07 Å². The molecule has 33 heavy (non-hydrogen) atoms. The number of hydrogen-bond acceptors (Lipinski definition) is 8. The molecule has 0 bridgehead atoms. The Labute approximate surface area is 189 Å². The maximum atomic E-state index is 13.7. The number of carbonyl (C=O) groups excluding carboxylic acids is 1. The number of sulfonamides is 1. The number of ether oxygens (including phenoxy) is 2. The minimum atomic E-state index is -3.96. The molecular weight excluding hydrogens is 457 g/mol. The first-order chi connectivity index (χ1) is 15.6. The summed E-state index contributed by atoms with van der Waals surface area (Å²) in [5, 5.41) is 10.2. The molecule has 1 aromatic carbocycles. The molecule has 0 amide bonds. The van der Waals surface area contributed by atoms with E-state index in [1.165, 1.54) is 21.0 Å². The number of aromatic nitrogens is 2. The van der Waals surface area contributed by atoms with Gasteiger partial charge in [-0.05, 0) is 44.4 Å². The molecule has 10 nitrogen and oxygen atoms in total. The van der Waals surface area contributed by atoms with Crippen molar-refractivity contribution in [2.24, 2.45) is 0 Å². The number of hydrogen-bond donors (Lipinski definition) is 1. The fourth-order valence-corrected chi connectivity index (χ4v) is 5.96. The molecule has 0 unspecified atom stereocenters. The van der Waals surface area contributed by atoms with Gasteiger partial charge in [-0.1, -0.05) is 6.07 Å². The largest absolute Gasteiger partial charge is 0.501 e. The highest BCUT2D eigenvalue weighted by atomic mass is 32.2. The topological polar surface area (TPSA) is 128 Å². The van der Waals surface area contributed by atoms with Gasteiger partial charge in [-0.3, -0.25) is 9.36 Å². The van der Waals surface area contributed by atoms with Crippen LogP contribution in [0.15, 0.2) is 27.9 Å². The summed E-state index contributed by atoms with van der Waals surface area (Å²) in [5.74, 6) is -2.22. The van der Waals surface area contributed by atoms with Crippen LogP contribution in [0, 0.1) is 12.7 Å². The smallest absolute Gasteiger partial charge is 0.361 e. The number of piperidine rings is 1. The van der Waals surface area contributed by atoms with Gasteiger partial charge in [0.2, 0.25) is 15.8 Å². The number of nitrogens with zero attached hydrogens (tertiary/aromatic N) is 3. The number of benzene rings is 1. The highest BCUT2D eigenvalue weighted by Crippen LogP contribution is 2.39. The zero-order valence-corrected chi connectivity index (χ0v) is 19.0. The molecule has 3 heterocycles. The van der Waals surface area contributed by atoms with Gasteiger partial charge in [-0.2, -0.15) is 4.31 Å². The van der Waals surface area contributed by atoms with Gasteiger partial charge in [0.1, 0.15) is 17.2 Å². The molecule has 1 N–H and O–H groups in total. The fourth-order valence-electron chi connectivity index (χ4n) is 4.29. The molecule has 2 aliphatic heterocycles. The minimum Gasteiger partial charge on any atom is -0.501 e. The van der Waals surface area contributed by atoms with Crippen LogP contribution in [0.1, 0.15) is 41.6 Å². The lowest BCUT2D eigenvalue weighted by Gasteiger charge is -2.43. The number of aromatic hydroxyl groups is 1. The van der Waals surface area contributed by atoms with Crippen molar-refractivity contribution in [3.63, 3.8) is 0 Å². The van der Waals surface area contributed by atoms with Gasteiger partial charge in [0.05, 0.1) is 24.7 Å². The van der Waals surface area contributed by atoms with Crippen molar-refractivity contribution in [3.8, 4) is 5.75 Å². The van der Waals surface area contributed by atoms with Crippen molar-refractivity contribution in [2.45, 2.75) is 43.7 Å². The number of fused-ring (bicyclic) bond motifs is 2. The summed E-state index contributed by atoms with van der Waals surface area (Å²) in [6.07, 6.45) is 0.306. The predicted molar refractivity (Wildman–Crippen MR) is 113 cm³/mol. The lowest BCUT2D eigenvalue weighted by Crippen LogP contribution is -2.52. The Morgan fingerprint density at radius 2 is 2.00 bits per heavy atom. The molecule has 1 spiro atoms. The summed E-state index contributed by atoms with van der Waals surface area (Å²) < 4.78 is 53.4. The van der Waals surface area contributed by atoms with Gasteiger partial charge in [-0.15, -0.1) is 0 Å². The first kappa shape index (κ1) is 23.3. The van der Waals surface area contributed by atoms with Crippen LogP contribution in [0.4, 0.5) is 4.39 Å². The Morgan fingerprint density at radius 1 is 1.30 bits per heavy atom.